The van der Waals surface area contributed by atoms with Gasteiger partial charge in [-0.3, -0.25) is 9.79 Å². The van der Waals surface area contributed by atoms with Crippen molar-refractivity contribution in [3.05, 3.63) is 0 Å². The summed E-state index contributed by atoms with van der Waals surface area (Å²) in [5.41, 5.74) is 14.1. The Hall–Kier alpha value is -1.30. The largest absolute Gasteiger partial charge is 0.480 e. The molecule has 0 heterocycles. The van der Waals surface area contributed by atoms with Crippen molar-refractivity contribution in [3.8, 4) is 0 Å². The summed E-state index contributed by atoms with van der Waals surface area (Å²) in [7, 11) is 0. The molecular formula is C7H16N4O2. The van der Waals surface area contributed by atoms with E-state index in [1.54, 1.807) is 0 Å². The number of hydrogen-bond donors (Lipinski definition) is 4. The maximum atomic E-state index is 10.7. The van der Waals surface area contributed by atoms with E-state index in [4.69, 9.17) is 23.7 Å². The van der Waals surface area contributed by atoms with Gasteiger partial charge in [0.05, 0.1) is 0 Å². The Labute approximate surface area is 78.2 Å². The molecule has 0 spiro atoms. The summed E-state index contributed by atoms with van der Waals surface area (Å²) in [6.45, 7) is -0.0290. The van der Waals surface area contributed by atoms with Gasteiger partial charge in [0.2, 0.25) is 0 Å². The summed E-state index contributed by atoms with van der Waals surface area (Å²) in [5.74, 6) is -1.20. The Balaban J connectivity index is 3.97. The minimum Gasteiger partial charge on any atom is -0.480 e. The van der Waals surface area contributed by atoms with E-state index in [2.05, 4.69) is 4.99 Å². The molecule has 0 unspecified atom stereocenters. The minimum absolute atomic E-state index is 0.0335. The lowest BCUT2D eigenvalue weighted by atomic mass is 9.98. The maximum absolute atomic E-state index is 10.7. The van der Waals surface area contributed by atoms with Crippen molar-refractivity contribution in [1.29, 1.82) is 0 Å². The lowest BCUT2D eigenvalue weighted by Crippen LogP contribution is -2.44. The molecule has 0 saturated carbocycles. The zero-order valence-electron chi connectivity index (χ0n) is 8.36. The molecule has 0 aromatic heterocycles. The van der Waals surface area contributed by atoms with Crippen LogP contribution in [0.4, 0.5) is 0 Å². The Kier molecular flexibility index (Phi) is 3.51. The number of carbonyl (C=O) groups is 1. The number of nitrogens with zero attached hydrogens (tertiary/aromatic N) is 1. The van der Waals surface area contributed by atoms with Crippen LogP contribution >= 0.6 is 0 Å². The van der Waals surface area contributed by atoms with Crippen LogP contribution in [-0.4, -0.2) is 29.1 Å². The summed E-state index contributed by atoms with van der Waals surface area (Å²) >= 11 is 0. The first-order valence-corrected chi connectivity index (χ1v) is 3.79. The molecule has 7 N–H and O–H groups in total. The van der Waals surface area contributed by atoms with Gasteiger partial charge in [-0.25, -0.2) is 0 Å². The summed E-state index contributed by atoms with van der Waals surface area (Å²) < 4.78 is 7.02. The van der Waals surface area contributed by atoms with E-state index in [1.165, 1.54) is 0 Å². The number of guanidine groups is 1. The molecule has 0 saturated heterocycles. The van der Waals surface area contributed by atoms with Gasteiger partial charge in [-0.2, -0.15) is 0 Å². The molecular weight excluding hydrogens is 172 g/mol. The Morgan fingerprint density at radius 2 is 2.31 bits per heavy atom. The highest BCUT2D eigenvalue weighted by Crippen LogP contribution is 2.08. The van der Waals surface area contributed by atoms with Crippen molar-refractivity contribution < 1.29 is 11.3 Å². The maximum Gasteiger partial charge on any atom is 0.323 e. The molecule has 0 aliphatic carbocycles. The second kappa shape index (κ2) is 4.66. The van der Waals surface area contributed by atoms with Gasteiger partial charge in [0, 0.05) is 7.92 Å². The van der Waals surface area contributed by atoms with Crippen LogP contribution in [0.1, 0.15) is 21.1 Å². The Bertz CT molecular complexity index is 230. The van der Waals surface area contributed by atoms with Crippen LogP contribution in [0.3, 0.4) is 0 Å². The topological polar surface area (TPSA) is 128 Å². The van der Waals surface area contributed by atoms with Crippen molar-refractivity contribution in [2.24, 2.45) is 22.2 Å². The third-order valence-electron chi connectivity index (χ3n) is 1.50. The molecule has 76 valence electrons. The number of carboxylic acids is 1. The Morgan fingerprint density at radius 1 is 1.69 bits per heavy atom. The Morgan fingerprint density at radius 3 is 2.69 bits per heavy atom. The van der Waals surface area contributed by atoms with E-state index in [9.17, 15) is 4.79 Å². The predicted molar refractivity (Wildman–Crippen MR) is 50.1 cm³/mol. The molecule has 1 atom stereocenters. The summed E-state index contributed by atoms with van der Waals surface area (Å²) in [6, 6.07) is 0. The van der Waals surface area contributed by atoms with E-state index in [-0.39, 0.29) is 19.3 Å². The molecule has 0 radical (unpaired) electrons. The fourth-order valence-corrected chi connectivity index (χ4v) is 0.710. The molecule has 6 heteroatoms. The fraction of sp³-hybridized carbons (Fsp3) is 0.714. The van der Waals surface area contributed by atoms with Crippen molar-refractivity contribution in [2.75, 3.05) is 6.54 Å². The van der Waals surface area contributed by atoms with Gasteiger partial charge in [0.1, 0.15) is 5.54 Å². The number of aliphatic imine (C=N–C) groups is 1. The fourth-order valence-electron chi connectivity index (χ4n) is 0.710. The third-order valence-corrected chi connectivity index (χ3v) is 1.50. The van der Waals surface area contributed by atoms with Gasteiger partial charge in [0.15, 0.2) is 5.96 Å². The van der Waals surface area contributed by atoms with E-state index < -0.39 is 11.5 Å². The molecule has 0 fully saturated rings. The normalized spacial score (nSPS) is 15.6. The van der Waals surface area contributed by atoms with Gasteiger partial charge in [-0.15, -0.1) is 0 Å². The number of hydrogen-bond acceptors (Lipinski definition) is 3. The quantitative estimate of drug-likeness (QED) is 0.246. The summed E-state index contributed by atoms with van der Waals surface area (Å²) in [6.07, 6.45) is 0.627. The number of rotatable bonds is 5. The zero-order valence-corrected chi connectivity index (χ0v) is 7.36. The van der Waals surface area contributed by atoms with Crippen molar-refractivity contribution in [3.63, 3.8) is 0 Å². The average molecular weight is 189 g/mol. The zero-order chi connectivity index (χ0) is 11.2. The van der Waals surface area contributed by atoms with Gasteiger partial charge < -0.3 is 22.3 Å². The van der Waals surface area contributed by atoms with Crippen LogP contribution < -0.4 is 17.2 Å². The van der Waals surface area contributed by atoms with Gasteiger partial charge in [-0.05, 0) is 19.7 Å². The number of aliphatic carboxylic acids is 1. The highest BCUT2D eigenvalue weighted by atomic mass is 16.4. The second-order valence-corrected chi connectivity index (χ2v) is 2.87. The van der Waals surface area contributed by atoms with E-state index in [1.807, 2.05) is 0 Å². The number of nitrogens with two attached hydrogens (primary N) is 3. The van der Waals surface area contributed by atoms with Crippen LogP contribution in [0, 0.1) is 0 Å². The molecule has 0 aliphatic heterocycles. The van der Waals surface area contributed by atoms with E-state index >= 15 is 0 Å². The van der Waals surface area contributed by atoms with Crippen LogP contribution in [0.15, 0.2) is 4.99 Å². The molecule has 0 aromatic rings. The van der Waals surface area contributed by atoms with Crippen LogP contribution in [0.2, 0.25) is 0 Å². The van der Waals surface area contributed by atoms with Crippen LogP contribution in [-0.2, 0) is 4.79 Å². The SMILES string of the molecule is [2H]C[C@](N)(CCCN=C(N)N)C(=O)O. The van der Waals surface area contributed by atoms with Crippen molar-refractivity contribution in [2.45, 2.75) is 25.3 Å². The predicted octanol–water partition coefficient (Wildman–Crippen LogP) is -1.16. The molecule has 6 nitrogen and oxygen atoms in total. The molecule has 13 heavy (non-hydrogen) atoms. The standard InChI is InChI=1S/C7H16N4O2/c1-7(10,5(12)13)3-2-4-11-6(8)9/h2-4,10H2,1H3,(H,12,13)(H4,8,9,11)/t7-/m0/s1/i1D. The molecule has 0 bridgehead atoms. The van der Waals surface area contributed by atoms with Crippen molar-refractivity contribution >= 4 is 11.9 Å². The smallest absolute Gasteiger partial charge is 0.323 e. The van der Waals surface area contributed by atoms with E-state index in [0.717, 1.165) is 0 Å². The van der Waals surface area contributed by atoms with Gasteiger partial charge in [-0.1, -0.05) is 0 Å². The first-order valence-electron chi connectivity index (χ1n) is 4.50. The minimum atomic E-state index is -1.49. The summed E-state index contributed by atoms with van der Waals surface area (Å²) in [4.78, 5) is 14.3. The second-order valence-electron chi connectivity index (χ2n) is 2.87. The highest BCUT2D eigenvalue weighted by molar-refractivity contribution is 5.77. The third kappa shape index (κ3) is 5.02. The van der Waals surface area contributed by atoms with Gasteiger partial charge >= 0.3 is 5.97 Å². The first kappa shape index (κ1) is 9.79. The highest BCUT2D eigenvalue weighted by Gasteiger charge is 2.26. The van der Waals surface area contributed by atoms with Gasteiger partial charge in [0.25, 0.3) is 0 Å². The lowest BCUT2D eigenvalue weighted by molar-refractivity contribution is -0.142. The average Bonchev–Trinajstić information content (AvgIpc) is 2.11. The summed E-state index contributed by atoms with van der Waals surface area (Å²) in [5, 5.41) is 8.71. The molecule has 0 aliphatic rings. The first-order chi connectivity index (χ1) is 6.42. The molecule has 0 rings (SSSR count). The van der Waals surface area contributed by atoms with Crippen molar-refractivity contribution in [1.82, 2.24) is 0 Å². The molecule has 0 amide bonds. The monoisotopic (exact) mass is 189 g/mol. The number of carboxylic acid groups (broad SMARTS) is 1. The van der Waals surface area contributed by atoms with Crippen LogP contribution in [0.25, 0.3) is 0 Å². The molecule has 0 aromatic carbocycles. The van der Waals surface area contributed by atoms with Crippen LogP contribution in [0.5, 0.6) is 0 Å². The lowest BCUT2D eigenvalue weighted by Gasteiger charge is -2.17. The van der Waals surface area contributed by atoms with E-state index in [0.29, 0.717) is 13.0 Å².